The van der Waals surface area contributed by atoms with E-state index in [1.807, 2.05) is 0 Å². The molecule has 1 aromatic heterocycles. The number of nitrogens with zero attached hydrogens (tertiary/aromatic N) is 2. The molecule has 2 rings (SSSR count). The molecule has 2 aromatic rings. The minimum absolute atomic E-state index is 0.0978. The largest absolute Gasteiger partial charge is 0.476 e. The van der Waals surface area contributed by atoms with Gasteiger partial charge in [-0.1, -0.05) is 12.1 Å². The highest BCUT2D eigenvalue weighted by molar-refractivity contribution is 7.89. The van der Waals surface area contributed by atoms with Crippen LogP contribution in [-0.4, -0.2) is 29.0 Å². The Morgan fingerprint density at radius 2 is 2.00 bits per heavy atom. The quantitative estimate of drug-likeness (QED) is 0.825. The van der Waals surface area contributed by atoms with Gasteiger partial charge in [-0.05, 0) is 12.1 Å². The molecule has 0 amide bonds. The van der Waals surface area contributed by atoms with Gasteiger partial charge >= 0.3 is 5.97 Å². The topological polar surface area (TPSA) is 115 Å². The number of para-hydroxylation sites is 1. The molecule has 0 aliphatic heterocycles. The predicted octanol–water partition coefficient (Wildman–Crippen LogP) is 0.218. The summed E-state index contributed by atoms with van der Waals surface area (Å²) in [5.74, 6) is -1.19. The van der Waals surface area contributed by atoms with Crippen LogP contribution in [0.4, 0.5) is 0 Å². The SMILES string of the molecule is NS(=O)(=O)c1ccccc1-n1cnc(C(=O)O)c1. The fourth-order valence-corrected chi connectivity index (χ4v) is 2.21. The summed E-state index contributed by atoms with van der Waals surface area (Å²) in [6, 6.07) is 5.99. The van der Waals surface area contributed by atoms with Gasteiger partial charge in [0, 0.05) is 6.20 Å². The molecule has 0 aliphatic rings. The molecule has 0 saturated heterocycles. The minimum Gasteiger partial charge on any atom is -0.476 e. The smallest absolute Gasteiger partial charge is 0.356 e. The molecule has 18 heavy (non-hydrogen) atoms. The lowest BCUT2D eigenvalue weighted by Gasteiger charge is -2.07. The second kappa shape index (κ2) is 4.24. The molecule has 0 atom stereocenters. The zero-order valence-electron chi connectivity index (χ0n) is 9.02. The lowest BCUT2D eigenvalue weighted by atomic mass is 10.3. The van der Waals surface area contributed by atoms with E-state index in [1.54, 1.807) is 6.07 Å². The van der Waals surface area contributed by atoms with E-state index in [0.717, 1.165) is 0 Å². The zero-order valence-corrected chi connectivity index (χ0v) is 9.83. The number of rotatable bonds is 3. The highest BCUT2D eigenvalue weighted by Gasteiger charge is 2.16. The highest BCUT2D eigenvalue weighted by Crippen LogP contribution is 2.18. The number of hydrogen-bond donors (Lipinski definition) is 2. The Kier molecular flexibility index (Phi) is 2.89. The number of carboxylic acids is 1. The Morgan fingerprint density at radius 3 is 2.56 bits per heavy atom. The van der Waals surface area contributed by atoms with E-state index in [0.29, 0.717) is 0 Å². The van der Waals surface area contributed by atoms with Crippen molar-refractivity contribution >= 4 is 16.0 Å². The summed E-state index contributed by atoms with van der Waals surface area (Å²) in [5.41, 5.74) is 0.0687. The van der Waals surface area contributed by atoms with E-state index in [9.17, 15) is 13.2 Å². The first-order chi connectivity index (χ1) is 8.39. The van der Waals surface area contributed by atoms with Crippen molar-refractivity contribution in [1.29, 1.82) is 0 Å². The lowest BCUT2D eigenvalue weighted by molar-refractivity contribution is 0.0691. The third kappa shape index (κ3) is 2.24. The third-order valence-electron chi connectivity index (χ3n) is 2.25. The number of sulfonamides is 1. The number of carboxylic acid groups (broad SMARTS) is 1. The van der Waals surface area contributed by atoms with Gasteiger partial charge in [-0.15, -0.1) is 0 Å². The van der Waals surface area contributed by atoms with Crippen LogP contribution >= 0.6 is 0 Å². The van der Waals surface area contributed by atoms with Gasteiger partial charge in [0.1, 0.15) is 11.2 Å². The molecule has 1 aromatic carbocycles. The number of nitrogens with two attached hydrogens (primary N) is 1. The Bertz CT molecular complexity index is 705. The van der Waals surface area contributed by atoms with Crippen molar-refractivity contribution in [3.63, 3.8) is 0 Å². The Hall–Kier alpha value is -2.19. The van der Waals surface area contributed by atoms with Crippen LogP contribution in [0.3, 0.4) is 0 Å². The monoisotopic (exact) mass is 267 g/mol. The number of benzene rings is 1. The summed E-state index contributed by atoms with van der Waals surface area (Å²) < 4.78 is 24.1. The maximum Gasteiger partial charge on any atom is 0.356 e. The standard InChI is InChI=1S/C10H9N3O4S/c11-18(16,17)9-4-2-1-3-8(9)13-5-7(10(14)15)12-6-13/h1-6H,(H,14,15)(H2,11,16,17). The summed E-state index contributed by atoms with van der Waals surface area (Å²) in [6.07, 6.45) is 2.43. The second-order valence-corrected chi connectivity index (χ2v) is 5.01. The van der Waals surface area contributed by atoms with Gasteiger partial charge in [0.25, 0.3) is 0 Å². The van der Waals surface area contributed by atoms with Gasteiger partial charge in [-0.25, -0.2) is 23.3 Å². The highest BCUT2D eigenvalue weighted by atomic mass is 32.2. The molecular weight excluding hydrogens is 258 g/mol. The third-order valence-corrected chi connectivity index (χ3v) is 3.21. The Balaban J connectivity index is 2.61. The van der Waals surface area contributed by atoms with Gasteiger partial charge in [-0.3, -0.25) is 0 Å². The van der Waals surface area contributed by atoms with Gasteiger partial charge in [0.2, 0.25) is 10.0 Å². The fraction of sp³-hybridized carbons (Fsp3) is 0. The van der Waals surface area contributed by atoms with Crippen molar-refractivity contribution in [3.05, 3.63) is 42.5 Å². The number of aromatic carboxylic acids is 1. The number of carbonyl (C=O) groups is 1. The van der Waals surface area contributed by atoms with Crippen molar-refractivity contribution in [1.82, 2.24) is 9.55 Å². The van der Waals surface area contributed by atoms with Crippen LogP contribution in [0.1, 0.15) is 10.5 Å². The van der Waals surface area contributed by atoms with Crippen LogP contribution in [0.2, 0.25) is 0 Å². The molecule has 0 unspecified atom stereocenters. The molecule has 0 fully saturated rings. The summed E-state index contributed by atoms with van der Waals surface area (Å²) in [5, 5.41) is 13.8. The molecule has 1 heterocycles. The van der Waals surface area contributed by atoms with Crippen LogP contribution in [-0.2, 0) is 10.0 Å². The molecule has 0 radical (unpaired) electrons. The average Bonchev–Trinajstić information content (AvgIpc) is 2.77. The number of imidazole rings is 1. The molecule has 94 valence electrons. The van der Waals surface area contributed by atoms with Crippen LogP contribution in [0.5, 0.6) is 0 Å². The molecule has 0 spiro atoms. The average molecular weight is 267 g/mol. The summed E-state index contributed by atoms with van der Waals surface area (Å²) >= 11 is 0. The van der Waals surface area contributed by atoms with E-state index in [1.165, 1.54) is 35.3 Å². The lowest BCUT2D eigenvalue weighted by Crippen LogP contribution is -2.14. The van der Waals surface area contributed by atoms with Gasteiger partial charge in [-0.2, -0.15) is 0 Å². The van der Waals surface area contributed by atoms with E-state index in [2.05, 4.69) is 4.98 Å². The molecule has 0 aliphatic carbocycles. The fourth-order valence-electron chi connectivity index (χ4n) is 1.48. The van der Waals surface area contributed by atoms with E-state index < -0.39 is 16.0 Å². The van der Waals surface area contributed by atoms with Gasteiger partial charge < -0.3 is 9.67 Å². The molecule has 3 N–H and O–H groups in total. The predicted molar refractivity (Wildman–Crippen MR) is 61.9 cm³/mol. The van der Waals surface area contributed by atoms with Crippen LogP contribution in [0.25, 0.3) is 5.69 Å². The Morgan fingerprint density at radius 1 is 1.33 bits per heavy atom. The van der Waals surface area contributed by atoms with Crippen LogP contribution in [0.15, 0.2) is 41.7 Å². The van der Waals surface area contributed by atoms with Crippen LogP contribution in [0, 0.1) is 0 Å². The molecule has 7 nitrogen and oxygen atoms in total. The van der Waals surface area contributed by atoms with Crippen LogP contribution < -0.4 is 5.14 Å². The summed E-state index contributed by atoms with van der Waals surface area (Å²) in [6.45, 7) is 0. The summed E-state index contributed by atoms with van der Waals surface area (Å²) in [7, 11) is -3.89. The maximum absolute atomic E-state index is 11.4. The zero-order chi connectivity index (χ0) is 13.3. The molecule has 0 bridgehead atoms. The van der Waals surface area contributed by atoms with Crippen molar-refractivity contribution in [2.45, 2.75) is 4.90 Å². The normalized spacial score (nSPS) is 11.4. The first-order valence-corrected chi connectivity index (χ1v) is 6.34. The molecular formula is C10H9N3O4S. The number of hydrogen-bond acceptors (Lipinski definition) is 4. The summed E-state index contributed by atoms with van der Waals surface area (Å²) in [4.78, 5) is 14.3. The van der Waals surface area contributed by atoms with Crippen molar-refractivity contribution in [2.24, 2.45) is 5.14 Å². The van der Waals surface area contributed by atoms with Crippen molar-refractivity contribution in [2.75, 3.05) is 0 Å². The minimum atomic E-state index is -3.89. The molecule has 0 saturated carbocycles. The molecule has 8 heteroatoms. The first kappa shape index (κ1) is 12.3. The van der Waals surface area contributed by atoms with Gasteiger partial charge in [0.15, 0.2) is 5.69 Å². The second-order valence-electron chi connectivity index (χ2n) is 3.48. The Labute approximate surface area is 103 Å². The maximum atomic E-state index is 11.4. The number of aromatic nitrogens is 2. The number of primary sulfonamides is 1. The van der Waals surface area contributed by atoms with Crippen molar-refractivity contribution < 1.29 is 18.3 Å². The van der Waals surface area contributed by atoms with Gasteiger partial charge in [0.05, 0.1) is 5.69 Å². The first-order valence-electron chi connectivity index (χ1n) is 4.79. The van der Waals surface area contributed by atoms with E-state index in [-0.39, 0.29) is 16.3 Å². The van der Waals surface area contributed by atoms with E-state index >= 15 is 0 Å². The van der Waals surface area contributed by atoms with Crippen molar-refractivity contribution in [3.8, 4) is 5.69 Å². The van der Waals surface area contributed by atoms with E-state index in [4.69, 9.17) is 10.2 Å².